The van der Waals surface area contributed by atoms with E-state index in [-0.39, 0.29) is 19.0 Å². The van der Waals surface area contributed by atoms with Crippen LogP contribution in [0.4, 0.5) is 10.5 Å². The highest BCUT2D eigenvalue weighted by atomic mass is 16.2. The van der Waals surface area contributed by atoms with Crippen LogP contribution in [0.15, 0.2) is 30.3 Å². The van der Waals surface area contributed by atoms with Crippen LogP contribution in [0.2, 0.25) is 0 Å². The second kappa shape index (κ2) is 8.46. The van der Waals surface area contributed by atoms with Crippen LogP contribution in [0, 0.1) is 0 Å². The van der Waals surface area contributed by atoms with Gasteiger partial charge in [0, 0.05) is 6.54 Å². The number of benzene rings is 1. The zero-order chi connectivity index (χ0) is 19.3. The van der Waals surface area contributed by atoms with Crippen molar-refractivity contribution >= 4 is 29.4 Å². The Hall–Kier alpha value is -2.90. The molecule has 1 aromatic rings. The van der Waals surface area contributed by atoms with Gasteiger partial charge in [-0.2, -0.15) is 0 Å². The average Bonchev–Trinajstić information content (AvgIpc) is 2.82. The summed E-state index contributed by atoms with van der Waals surface area (Å²) in [6.07, 6.45) is 1.57. The molecule has 26 heavy (non-hydrogen) atoms. The lowest BCUT2D eigenvalue weighted by atomic mass is 10.2. The molecule has 0 saturated carbocycles. The monoisotopic (exact) mass is 360 g/mol. The minimum absolute atomic E-state index is 0.203. The number of urea groups is 1. The Morgan fingerprint density at radius 1 is 1.19 bits per heavy atom. The molecule has 1 aliphatic rings. The topological polar surface area (TPSA) is 104 Å². The zero-order valence-corrected chi connectivity index (χ0v) is 15.1. The first kappa shape index (κ1) is 19.4. The second-order valence-corrected chi connectivity index (χ2v) is 6.23. The molecule has 1 fully saturated rings. The maximum absolute atomic E-state index is 12.7. The minimum Gasteiger partial charge on any atom is -0.368 e. The molecule has 0 unspecified atom stereocenters. The van der Waals surface area contributed by atoms with Gasteiger partial charge < -0.3 is 15.5 Å². The molecule has 0 radical (unpaired) electrons. The van der Waals surface area contributed by atoms with Gasteiger partial charge in [-0.3, -0.25) is 14.4 Å². The van der Waals surface area contributed by atoms with Crippen molar-refractivity contribution in [3.05, 3.63) is 30.3 Å². The summed E-state index contributed by atoms with van der Waals surface area (Å²) < 4.78 is 0. The van der Waals surface area contributed by atoms with Crippen molar-refractivity contribution in [1.82, 2.24) is 9.80 Å². The van der Waals surface area contributed by atoms with Gasteiger partial charge in [-0.25, -0.2) is 9.69 Å². The molecule has 2 rings (SSSR count). The molecule has 140 valence electrons. The molecule has 1 saturated heterocycles. The fourth-order valence-corrected chi connectivity index (χ4v) is 2.80. The fourth-order valence-electron chi connectivity index (χ4n) is 2.80. The number of nitrogens with two attached hydrogens (primary N) is 1. The van der Waals surface area contributed by atoms with Gasteiger partial charge in [0.2, 0.25) is 11.8 Å². The summed E-state index contributed by atoms with van der Waals surface area (Å²) in [7, 11) is 0. The van der Waals surface area contributed by atoms with Gasteiger partial charge in [-0.1, -0.05) is 31.5 Å². The standard InChI is InChI=1S/C18H24N4O4/c1-3-4-10-20(11-15(19)23)16(24)12-21-13(2)17(25)22(18(21)26)14-8-6-5-7-9-14/h5-9,13H,3-4,10-12H2,1-2H3,(H2,19,23)/t13-/m0/s1. The van der Waals surface area contributed by atoms with E-state index in [1.165, 1.54) is 9.80 Å². The smallest absolute Gasteiger partial charge is 0.332 e. The fraction of sp³-hybridized carbons (Fsp3) is 0.444. The van der Waals surface area contributed by atoms with Gasteiger partial charge in [0.1, 0.15) is 12.6 Å². The first-order valence-electron chi connectivity index (χ1n) is 8.62. The number of hydrogen-bond acceptors (Lipinski definition) is 4. The predicted molar refractivity (Wildman–Crippen MR) is 96.2 cm³/mol. The summed E-state index contributed by atoms with van der Waals surface area (Å²) in [5, 5.41) is 0. The molecule has 8 nitrogen and oxygen atoms in total. The highest BCUT2D eigenvalue weighted by molar-refractivity contribution is 6.21. The van der Waals surface area contributed by atoms with Crippen molar-refractivity contribution in [2.45, 2.75) is 32.7 Å². The van der Waals surface area contributed by atoms with Gasteiger partial charge >= 0.3 is 6.03 Å². The number of nitrogens with zero attached hydrogens (tertiary/aromatic N) is 3. The van der Waals surface area contributed by atoms with Gasteiger partial charge in [0.05, 0.1) is 12.2 Å². The predicted octanol–water partition coefficient (Wildman–Crippen LogP) is 0.958. The number of primary amides is 1. The van der Waals surface area contributed by atoms with E-state index in [9.17, 15) is 19.2 Å². The Morgan fingerprint density at radius 2 is 1.85 bits per heavy atom. The maximum Gasteiger partial charge on any atom is 0.332 e. The Labute approximate surface area is 152 Å². The Bertz CT molecular complexity index is 692. The van der Waals surface area contributed by atoms with E-state index >= 15 is 0 Å². The molecule has 1 heterocycles. The van der Waals surface area contributed by atoms with E-state index in [1.54, 1.807) is 37.3 Å². The van der Waals surface area contributed by atoms with Crippen LogP contribution >= 0.6 is 0 Å². The number of para-hydroxylation sites is 1. The third-order valence-electron chi connectivity index (χ3n) is 4.28. The van der Waals surface area contributed by atoms with Gasteiger partial charge in [-0.15, -0.1) is 0 Å². The number of amides is 5. The molecular formula is C18H24N4O4. The molecule has 0 spiro atoms. The largest absolute Gasteiger partial charge is 0.368 e. The second-order valence-electron chi connectivity index (χ2n) is 6.23. The first-order valence-corrected chi connectivity index (χ1v) is 8.62. The van der Waals surface area contributed by atoms with Crippen LogP contribution in [-0.2, 0) is 14.4 Å². The normalized spacial score (nSPS) is 16.9. The molecular weight excluding hydrogens is 336 g/mol. The Morgan fingerprint density at radius 3 is 2.42 bits per heavy atom. The summed E-state index contributed by atoms with van der Waals surface area (Å²) in [4.78, 5) is 52.6. The Kier molecular flexibility index (Phi) is 6.32. The average molecular weight is 360 g/mol. The summed E-state index contributed by atoms with van der Waals surface area (Å²) in [5.41, 5.74) is 5.67. The van der Waals surface area contributed by atoms with Crippen molar-refractivity contribution in [3.8, 4) is 0 Å². The van der Waals surface area contributed by atoms with Crippen LogP contribution in [0.25, 0.3) is 0 Å². The highest BCUT2D eigenvalue weighted by Gasteiger charge is 2.44. The zero-order valence-electron chi connectivity index (χ0n) is 15.1. The van der Waals surface area contributed by atoms with Crippen LogP contribution in [0.1, 0.15) is 26.7 Å². The van der Waals surface area contributed by atoms with E-state index in [0.29, 0.717) is 12.2 Å². The highest BCUT2D eigenvalue weighted by Crippen LogP contribution is 2.24. The first-order chi connectivity index (χ1) is 12.4. The van der Waals surface area contributed by atoms with Crippen LogP contribution in [0.5, 0.6) is 0 Å². The quantitative estimate of drug-likeness (QED) is 0.697. The Balaban J connectivity index is 2.14. The van der Waals surface area contributed by atoms with E-state index in [0.717, 1.165) is 17.7 Å². The minimum atomic E-state index is -0.756. The number of anilines is 1. The molecule has 1 aliphatic heterocycles. The number of hydrogen-bond donors (Lipinski definition) is 1. The van der Waals surface area contributed by atoms with Crippen molar-refractivity contribution in [3.63, 3.8) is 0 Å². The number of carbonyl (C=O) groups excluding carboxylic acids is 4. The van der Waals surface area contributed by atoms with E-state index < -0.39 is 23.9 Å². The van der Waals surface area contributed by atoms with Crippen molar-refractivity contribution in [1.29, 1.82) is 0 Å². The number of rotatable bonds is 8. The molecule has 0 aliphatic carbocycles. The summed E-state index contributed by atoms with van der Waals surface area (Å²) in [6.45, 7) is 3.46. The van der Waals surface area contributed by atoms with Crippen molar-refractivity contribution in [2.75, 3.05) is 24.5 Å². The molecule has 0 bridgehead atoms. The summed E-state index contributed by atoms with van der Waals surface area (Å²) in [5.74, 6) is -1.40. The third kappa shape index (κ3) is 4.19. The van der Waals surface area contributed by atoms with Gasteiger partial charge in [-0.05, 0) is 25.5 Å². The third-order valence-corrected chi connectivity index (χ3v) is 4.28. The van der Waals surface area contributed by atoms with Crippen molar-refractivity contribution in [2.24, 2.45) is 5.73 Å². The van der Waals surface area contributed by atoms with Gasteiger partial charge in [0.15, 0.2) is 0 Å². The molecule has 8 heteroatoms. The number of imide groups is 1. The van der Waals surface area contributed by atoms with E-state index in [4.69, 9.17) is 5.73 Å². The molecule has 2 N–H and O–H groups in total. The van der Waals surface area contributed by atoms with E-state index in [1.807, 2.05) is 6.92 Å². The van der Waals surface area contributed by atoms with Crippen molar-refractivity contribution < 1.29 is 19.2 Å². The van der Waals surface area contributed by atoms with Gasteiger partial charge in [0.25, 0.3) is 5.91 Å². The summed E-state index contributed by atoms with van der Waals surface area (Å²) in [6, 6.07) is 7.27. The summed E-state index contributed by atoms with van der Waals surface area (Å²) >= 11 is 0. The maximum atomic E-state index is 12.7. The molecule has 0 aromatic heterocycles. The molecule has 1 atom stereocenters. The lowest BCUT2D eigenvalue weighted by Crippen LogP contribution is -2.47. The lowest BCUT2D eigenvalue weighted by Gasteiger charge is -2.25. The SMILES string of the molecule is CCCCN(CC(N)=O)C(=O)CN1C(=O)N(c2ccccc2)C(=O)[C@@H]1C. The van der Waals surface area contributed by atoms with Crippen LogP contribution in [-0.4, -0.2) is 59.2 Å². The lowest BCUT2D eigenvalue weighted by molar-refractivity contribution is -0.136. The van der Waals surface area contributed by atoms with Crippen LogP contribution < -0.4 is 10.6 Å². The van der Waals surface area contributed by atoms with Crippen LogP contribution in [0.3, 0.4) is 0 Å². The molecule has 5 amide bonds. The molecule has 1 aromatic carbocycles. The van der Waals surface area contributed by atoms with E-state index in [2.05, 4.69) is 0 Å². The number of carbonyl (C=O) groups is 4. The number of unbranched alkanes of at least 4 members (excludes halogenated alkanes) is 1.